The van der Waals surface area contributed by atoms with Crippen LogP contribution in [0.25, 0.3) is 0 Å². The number of aryl methyl sites for hydroxylation is 1. The lowest BCUT2D eigenvalue weighted by Gasteiger charge is -2.10. The van der Waals surface area contributed by atoms with Crippen molar-refractivity contribution in [2.75, 3.05) is 6.61 Å². The van der Waals surface area contributed by atoms with Crippen LogP contribution >= 0.6 is 15.9 Å². The maximum absolute atomic E-state index is 13.5. The van der Waals surface area contributed by atoms with Crippen LogP contribution in [0.4, 0.5) is 4.39 Å². The van der Waals surface area contributed by atoms with E-state index in [1.165, 1.54) is 0 Å². The molecule has 7 heteroatoms. The number of esters is 1. The number of rotatable bonds is 3. The van der Waals surface area contributed by atoms with Gasteiger partial charge in [-0.2, -0.15) is 0 Å². The lowest BCUT2D eigenvalue weighted by atomic mass is 10.4. The first-order valence-corrected chi connectivity index (χ1v) is 5.32. The van der Waals surface area contributed by atoms with Crippen LogP contribution in [-0.4, -0.2) is 22.1 Å². The van der Waals surface area contributed by atoms with E-state index in [1.807, 2.05) is 0 Å². The number of halogens is 2. The molecular weight excluding hydrogens is 283 g/mol. The van der Waals surface area contributed by atoms with Gasteiger partial charge < -0.3 is 4.74 Å². The van der Waals surface area contributed by atoms with Crippen molar-refractivity contribution in [2.24, 2.45) is 0 Å². The molecule has 88 valence electrons. The number of ether oxygens (including phenoxy) is 1. The summed E-state index contributed by atoms with van der Waals surface area (Å²) in [5, 5.41) is 0. The maximum Gasteiger partial charge on any atom is 0.362 e. The highest BCUT2D eigenvalue weighted by Gasteiger charge is 2.23. The third-order valence-corrected chi connectivity index (χ3v) is 2.75. The summed E-state index contributed by atoms with van der Waals surface area (Å²) >= 11 is 2.97. The van der Waals surface area contributed by atoms with Crippen LogP contribution in [0.5, 0.6) is 0 Å². The summed E-state index contributed by atoms with van der Waals surface area (Å²) in [5.41, 5.74) is -0.231. The minimum absolute atomic E-state index is 0.0501. The molecule has 0 spiro atoms. The minimum Gasteiger partial charge on any atom is -0.462 e. The Morgan fingerprint density at radius 3 is 2.94 bits per heavy atom. The van der Waals surface area contributed by atoms with Gasteiger partial charge in [-0.3, -0.25) is 9.36 Å². The number of hydrogen-bond donors (Lipinski definition) is 0. The topological polar surface area (TPSA) is 61.2 Å². The molecule has 1 unspecified atom stereocenters. The molecule has 0 fully saturated rings. The fourth-order valence-corrected chi connectivity index (χ4v) is 1.32. The summed E-state index contributed by atoms with van der Waals surface area (Å²) in [6.07, 6.45) is -1.19. The van der Waals surface area contributed by atoms with Gasteiger partial charge in [0.2, 0.25) is 0 Å². The summed E-state index contributed by atoms with van der Waals surface area (Å²) in [6, 6.07) is 0. The van der Waals surface area contributed by atoms with Gasteiger partial charge >= 0.3 is 5.97 Å². The molecule has 5 nitrogen and oxygen atoms in total. The largest absolute Gasteiger partial charge is 0.462 e. The molecule has 0 saturated carbocycles. The fourth-order valence-electron chi connectivity index (χ4n) is 1.01. The van der Waals surface area contributed by atoms with E-state index in [0.29, 0.717) is 10.3 Å². The summed E-state index contributed by atoms with van der Waals surface area (Å²) in [7, 11) is 0. The second-order valence-electron chi connectivity index (χ2n) is 2.94. The molecule has 0 aliphatic carbocycles. The van der Waals surface area contributed by atoms with Gasteiger partial charge in [-0.05, 0) is 29.8 Å². The van der Waals surface area contributed by atoms with Gasteiger partial charge in [0.05, 0.1) is 12.3 Å². The third kappa shape index (κ3) is 2.46. The molecular formula is C9H10BrFN2O3. The molecule has 0 saturated heterocycles. The molecule has 16 heavy (non-hydrogen) atoms. The standard InChI is InChI=1S/C9H10BrFN2O3/c1-3-16-9(15)7(11)13-4-12-5(2)6(10)8(13)14/h4,7H,3H2,1-2H3. The quantitative estimate of drug-likeness (QED) is 0.789. The Hall–Kier alpha value is -1.24. The van der Waals surface area contributed by atoms with Gasteiger partial charge in [0, 0.05) is 0 Å². The lowest BCUT2D eigenvalue weighted by Crippen LogP contribution is -2.29. The number of aromatic nitrogens is 2. The van der Waals surface area contributed by atoms with E-state index >= 15 is 0 Å². The van der Waals surface area contributed by atoms with Crippen molar-refractivity contribution in [1.29, 1.82) is 0 Å². The van der Waals surface area contributed by atoms with E-state index in [-0.39, 0.29) is 11.1 Å². The smallest absolute Gasteiger partial charge is 0.362 e. The van der Waals surface area contributed by atoms with Crippen LogP contribution < -0.4 is 5.56 Å². The Labute approximate surface area is 99.4 Å². The average molecular weight is 293 g/mol. The number of nitrogens with zero attached hydrogens (tertiary/aromatic N) is 2. The van der Waals surface area contributed by atoms with Gasteiger partial charge in [0.25, 0.3) is 11.9 Å². The number of carbonyl (C=O) groups excluding carboxylic acids is 1. The van der Waals surface area contributed by atoms with Crippen molar-refractivity contribution in [3.8, 4) is 0 Å². The van der Waals surface area contributed by atoms with Crippen LogP contribution in [0, 0.1) is 6.92 Å². The molecule has 0 N–H and O–H groups in total. The van der Waals surface area contributed by atoms with Crippen LogP contribution in [0.15, 0.2) is 15.6 Å². The first-order chi connectivity index (χ1) is 7.49. The molecule has 0 bridgehead atoms. The predicted octanol–water partition coefficient (Wildman–Crippen LogP) is 1.35. The van der Waals surface area contributed by atoms with Gasteiger partial charge in [-0.25, -0.2) is 14.2 Å². The molecule has 0 aliphatic heterocycles. The minimum atomic E-state index is -2.17. The van der Waals surface area contributed by atoms with E-state index in [9.17, 15) is 14.0 Å². The Bertz CT molecular complexity index is 461. The summed E-state index contributed by atoms with van der Waals surface area (Å²) in [6.45, 7) is 3.19. The number of alkyl halides is 1. The van der Waals surface area contributed by atoms with Gasteiger partial charge in [0.15, 0.2) is 0 Å². The molecule has 1 rings (SSSR count). The van der Waals surface area contributed by atoms with Gasteiger partial charge in [-0.1, -0.05) is 0 Å². The number of hydrogen-bond acceptors (Lipinski definition) is 4. The molecule has 1 atom stereocenters. The van der Waals surface area contributed by atoms with Crippen molar-refractivity contribution >= 4 is 21.9 Å². The lowest BCUT2D eigenvalue weighted by molar-refractivity contribution is -0.153. The normalized spacial score (nSPS) is 12.2. The van der Waals surface area contributed by atoms with Crippen molar-refractivity contribution < 1.29 is 13.9 Å². The highest BCUT2D eigenvalue weighted by molar-refractivity contribution is 9.10. The molecule has 0 aromatic carbocycles. The Morgan fingerprint density at radius 1 is 1.75 bits per heavy atom. The summed E-state index contributed by atoms with van der Waals surface area (Å²) < 4.78 is 18.7. The van der Waals surface area contributed by atoms with Crippen molar-refractivity contribution in [3.05, 3.63) is 26.8 Å². The highest BCUT2D eigenvalue weighted by atomic mass is 79.9. The van der Waals surface area contributed by atoms with Crippen LogP contribution in [-0.2, 0) is 9.53 Å². The Balaban J connectivity index is 3.10. The fraction of sp³-hybridized carbons (Fsp3) is 0.444. The maximum atomic E-state index is 13.5. The van der Waals surface area contributed by atoms with Crippen LogP contribution in [0.3, 0.4) is 0 Å². The van der Waals surface area contributed by atoms with E-state index < -0.39 is 17.8 Å². The zero-order valence-corrected chi connectivity index (χ0v) is 10.3. The summed E-state index contributed by atoms with van der Waals surface area (Å²) in [5.74, 6) is -1.11. The molecule has 0 radical (unpaired) electrons. The monoisotopic (exact) mass is 292 g/mol. The summed E-state index contributed by atoms with van der Waals surface area (Å²) in [4.78, 5) is 26.4. The average Bonchev–Trinajstić information content (AvgIpc) is 2.26. The van der Waals surface area contributed by atoms with Gasteiger partial charge in [-0.15, -0.1) is 0 Å². The molecule has 1 heterocycles. The first-order valence-electron chi connectivity index (χ1n) is 4.53. The van der Waals surface area contributed by atoms with Crippen molar-refractivity contribution in [1.82, 2.24) is 9.55 Å². The number of carbonyl (C=O) groups is 1. The predicted molar refractivity (Wildman–Crippen MR) is 57.7 cm³/mol. The van der Waals surface area contributed by atoms with Crippen LogP contribution in [0.2, 0.25) is 0 Å². The molecule has 0 aliphatic rings. The second kappa shape index (κ2) is 5.20. The van der Waals surface area contributed by atoms with Gasteiger partial charge in [0.1, 0.15) is 10.8 Å². The Kier molecular flexibility index (Phi) is 4.17. The first kappa shape index (κ1) is 12.8. The van der Waals surface area contributed by atoms with Crippen molar-refractivity contribution in [2.45, 2.75) is 20.1 Å². The SMILES string of the molecule is CCOC(=O)C(F)n1cnc(C)c(Br)c1=O. The van der Waals surface area contributed by atoms with E-state index in [1.54, 1.807) is 13.8 Å². The zero-order valence-electron chi connectivity index (χ0n) is 8.74. The van der Waals surface area contributed by atoms with Crippen LogP contribution in [0.1, 0.15) is 18.9 Å². The van der Waals surface area contributed by atoms with E-state index in [2.05, 4.69) is 25.7 Å². The second-order valence-corrected chi connectivity index (χ2v) is 3.74. The molecule has 1 aromatic heterocycles. The molecule has 0 amide bonds. The highest BCUT2D eigenvalue weighted by Crippen LogP contribution is 2.11. The molecule has 1 aromatic rings. The third-order valence-electron chi connectivity index (χ3n) is 1.84. The van der Waals surface area contributed by atoms with E-state index in [4.69, 9.17) is 0 Å². The Morgan fingerprint density at radius 2 is 2.38 bits per heavy atom. The van der Waals surface area contributed by atoms with Crippen molar-refractivity contribution in [3.63, 3.8) is 0 Å². The zero-order chi connectivity index (χ0) is 12.3. The van der Waals surface area contributed by atoms with E-state index in [0.717, 1.165) is 6.33 Å².